The summed E-state index contributed by atoms with van der Waals surface area (Å²) in [4.78, 5) is 0. The fourth-order valence-electron chi connectivity index (χ4n) is 2.99. The van der Waals surface area contributed by atoms with Crippen LogP contribution in [0.15, 0.2) is 0 Å². The van der Waals surface area contributed by atoms with Crippen LogP contribution in [-0.2, 0) is 0 Å². The summed E-state index contributed by atoms with van der Waals surface area (Å²) >= 11 is 0. The molecule has 90 valence electrons. The lowest BCUT2D eigenvalue weighted by molar-refractivity contribution is 0.226. The number of nitrogens with two attached hydrogens (primary N) is 1. The molecule has 0 aromatic carbocycles. The Labute approximate surface area is 95.8 Å². The zero-order valence-corrected chi connectivity index (χ0v) is 10.7. The SMILES string of the molecule is CCCCC(N)C1CCC(CCC)CC1. The van der Waals surface area contributed by atoms with E-state index in [2.05, 4.69) is 13.8 Å². The van der Waals surface area contributed by atoms with Crippen LogP contribution in [-0.4, -0.2) is 6.04 Å². The Kier molecular flexibility index (Phi) is 6.31. The Balaban J connectivity index is 2.18. The molecule has 1 aliphatic carbocycles. The second-order valence-corrected chi connectivity index (χ2v) is 5.38. The monoisotopic (exact) mass is 211 g/mol. The van der Waals surface area contributed by atoms with Gasteiger partial charge in [-0.15, -0.1) is 0 Å². The summed E-state index contributed by atoms with van der Waals surface area (Å²) in [5, 5.41) is 0. The Morgan fingerprint density at radius 1 is 1.07 bits per heavy atom. The first-order chi connectivity index (χ1) is 7.27. The van der Waals surface area contributed by atoms with E-state index >= 15 is 0 Å². The molecule has 1 aliphatic rings. The third-order valence-electron chi connectivity index (χ3n) is 4.08. The summed E-state index contributed by atoms with van der Waals surface area (Å²) in [6.07, 6.45) is 12.3. The lowest BCUT2D eigenvalue weighted by Gasteiger charge is -2.32. The summed E-state index contributed by atoms with van der Waals surface area (Å²) in [6, 6.07) is 0.493. The molecule has 0 heterocycles. The largest absolute Gasteiger partial charge is 0.327 e. The Hall–Kier alpha value is -0.0400. The highest BCUT2D eigenvalue weighted by Crippen LogP contribution is 2.33. The first kappa shape index (κ1) is 13.0. The van der Waals surface area contributed by atoms with Crippen LogP contribution in [0, 0.1) is 11.8 Å². The molecule has 1 unspecified atom stereocenters. The molecule has 1 nitrogen and oxygen atoms in total. The van der Waals surface area contributed by atoms with Gasteiger partial charge in [0.1, 0.15) is 0 Å². The highest BCUT2D eigenvalue weighted by atomic mass is 14.6. The van der Waals surface area contributed by atoms with Crippen molar-refractivity contribution in [2.24, 2.45) is 17.6 Å². The highest BCUT2D eigenvalue weighted by Gasteiger charge is 2.24. The van der Waals surface area contributed by atoms with Crippen molar-refractivity contribution in [2.75, 3.05) is 0 Å². The molecule has 1 atom stereocenters. The van der Waals surface area contributed by atoms with Crippen molar-refractivity contribution in [3.63, 3.8) is 0 Å². The number of hydrogen-bond acceptors (Lipinski definition) is 1. The molecule has 1 rings (SSSR count). The van der Waals surface area contributed by atoms with Crippen molar-refractivity contribution >= 4 is 0 Å². The van der Waals surface area contributed by atoms with E-state index in [1.54, 1.807) is 0 Å². The Morgan fingerprint density at radius 2 is 1.73 bits per heavy atom. The van der Waals surface area contributed by atoms with Gasteiger partial charge in [-0.1, -0.05) is 52.4 Å². The number of unbranched alkanes of at least 4 members (excludes halogenated alkanes) is 1. The molecule has 1 heteroatoms. The second kappa shape index (κ2) is 7.27. The van der Waals surface area contributed by atoms with E-state index in [1.165, 1.54) is 57.8 Å². The maximum Gasteiger partial charge on any atom is 0.00671 e. The van der Waals surface area contributed by atoms with E-state index in [0.717, 1.165) is 11.8 Å². The molecule has 1 fully saturated rings. The molecule has 0 bridgehead atoms. The standard InChI is InChI=1S/C14H29N/c1-3-5-7-14(15)13-10-8-12(6-4-2)9-11-13/h12-14H,3-11,15H2,1-2H3. The molecule has 1 saturated carbocycles. The van der Waals surface area contributed by atoms with Gasteiger partial charge in [-0.25, -0.2) is 0 Å². The fraction of sp³-hybridized carbons (Fsp3) is 1.00. The van der Waals surface area contributed by atoms with Crippen molar-refractivity contribution in [1.29, 1.82) is 0 Å². The average Bonchev–Trinajstić information content (AvgIpc) is 2.27. The van der Waals surface area contributed by atoms with Gasteiger partial charge >= 0.3 is 0 Å². The van der Waals surface area contributed by atoms with E-state index in [0.29, 0.717) is 6.04 Å². The van der Waals surface area contributed by atoms with Crippen molar-refractivity contribution in [3.8, 4) is 0 Å². The lowest BCUT2D eigenvalue weighted by Crippen LogP contribution is -2.33. The third-order valence-corrected chi connectivity index (χ3v) is 4.08. The molecular formula is C14H29N. The van der Waals surface area contributed by atoms with Gasteiger partial charge in [0.05, 0.1) is 0 Å². The van der Waals surface area contributed by atoms with Crippen LogP contribution in [0.3, 0.4) is 0 Å². The molecule has 0 aliphatic heterocycles. The van der Waals surface area contributed by atoms with E-state index in [9.17, 15) is 0 Å². The highest BCUT2D eigenvalue weighted by molar-refractivity contribution is 4.79. The predicted octanol–water partition coefficient (Wildman–Crippen LogP) is 4.11. The van der Waals surface area contributed by atoms with Gasteiger partial charge in [-0.05, 0) is 31.1 Å². The molecule has 2 N–H and O–H groups in total. The minimum absolute atomic E-state index is 0.493. The van der Waals surface area contributed by atoms with Crippen LogP contribution in [0.5, 0.6) is 0 Å². The zero-order valence-electron chi connectivity index (χ0n) is 10.7. The summed E-state index contributed by atoms with van der Waals surface area (Å²) in [6.45, 7) is 4.56. The van der Waals surface area contributed by atoms with Crippen LogP contribution in [0.1, 0.15) is 71.6 Å². The quantitative estimate of drug-likeness (QED) is 0.703. The Morgan fingerprint density at radius 3 is 2.27 bits per heavy atom. The summed E-state index contributed by atoms with van der Waals surface area (Å²) in [5.41, 5.74) is 6.25. The molecule has 15 heavy (non-hydrogen) atoms. The molecule has 0 radical (unpaired) electrons. The summed E-state index contributed by atoms with van der Waals surface area (Å²) < 4.78 is 0. The van der Waals surface area contributed by atoms with E-state index < -0.39 is 0 Å². The van der Waals surface area contributed by atoms with E-state index in [4.69, 9.17) is 5.73 Å². The minimum Gasteiger partial charge on any atom is -0.327 e. The molecule has 0 aromatic rings. The second-order valence-electron chi connectivity index (χ2n) is 5.38. The Bertz CT molecular complexity index is 147. The topological polar surface area (TPSA) is 26.0 Å². The minimum atomic E-state index is 0.493. The first-order valence-corrected chi connectivity index (χ1v) is 7.03. The van der Waals surface area contributed by atoms with Gasteiger partial charge in [0.2, 0.25) is 0 Å². The van der Waals surface area contributed by atoms with Gasteiger partial charge in [0.15, 0.2) is 0 Å². The van der Waals surface area contributed by atoms with Crippen LogP contribution in [0.4, 0.5) is 0 Å². The van der Waals surface area contributed by atoms with Gasteiger partial charge in [0, 0.05) is 6.04 Å². The van der Waals surface area contributed by atoms with Gasteiger partial charge in [0.25, 0.3) is 0 Å². The molecular weight excluding hydrogens is 182 g/mol. The maximum absolute atomic E-state index is 6.25. The molecule has 0 spiro atoms. The first-order valence-electron chi connectivity index (χ1n) is 7.03. The number of hydrogen-bond donors (Lipinski definition) is 1. The molecule has 0 aromatic heterocycles. The van der Waals surface area contributed by atoms with Crippen molar-refractivity contribution < 1.29 is 0 Å². The van der Waals surface area contributed by atoms with E-state index in [1.807, 2.05) is 0 Å². The normalized spacial score (nSPS) is 29.0. The molecule has 0 saturated heterocycles. The summed E-state index contributed by atoms with van der Waals surface area (Å²) in [7, 11) is 0. The van der Waals surface area contributed by atoms with Crippen LogP contribution >= 0.6 is 0 Å². The van der Waals surface area contributed by atoms with Crippen molar-refractivity contribution in [2.45, 2.75) is 77.7 Å². The predicted molar refractivity (Wildman–Crippen MR) is 67.9 cm³/mol. The summed E-state index contributed by atoms with van der Waals surface area (Å²) in [5.74, 6) is 1.86. The van der Waals surface area contributed by atoms with Crippen molar-refractivity contribution in [3.05, 3.63) is 0 Å². The van der Waals surface area contributed by atoms with Gasteiger partial charge in [-0.3, -0.25) is 0 Å². The van der Waals surface area contributed by atoms with Gasteiger partial charge in [-0.2, -0.15) is 0 Å². The van der Waals surface area contributed by atoms with Crippen molar-refractivity contribution in [1.82, 2.24) is 0 Å². The average molecular weight is 211 g/mol. The van der Waals surface area contributed by atoms with E-state index in [-0.39, 0.29) is 0 Å². The lowest BCUT2D eigenvalue weighted by atomic mass is 9.76. The zero-order chi connectivity index (χ0) is 11.1. The fourth-order valence-corrected chi connectivity index (χ4v) is 2.99. The van der Waals surface area contributed by atoms with Crippen LogP contribution < -0.4 is 5.73 Å². The van der Waals surface area contributed by atoms with Crippen LogP contribution in [0.2, 0.25) is 0 Å². The third kappa shape index (κ3) is 4.55. The maximum atomic E-state index is 6.25. The van der Waals surface area contributed by atoms with Crippen LogP contribution in [0.25, 0.3) is 0 Å². The smallest absolute Gasteiger partial charge is 0.00671 e. The van der Waals surface area contributed by atoms with Gasteiger partial charge < -0.3 is 5.73 Å². The number of rotatable bonds is 6. The molecule has 0 amide bonds.